The Morgan fingerprint density at radius 2 is 2.32 bits per heavy atom. The van der Waals surface area contributed by atoms with E-state index in [0.29, 0.717) is 6.04 Å². The minimum atomic E-state index is -0.132. The van der Waals surface area contributed by atoms with Crippen LogP contribution in [0.3, 0.4) is 0 Å². The fourth-order valence-corrected chi connectivity index (χ4v) is 3.18. The van der Waals surface area contributed by atoms with Gasteiger partial charge in [0.25, 0.3) is 0 Å². The molecule has 0 bridgehead atoms. The van der Waals surface area contributed by atoms with E-state index in [4.69, 9.17) is 4.74 Å². The van der Waals surface area contributed by atoms with Gasteiger partial charge in [-0.25, -0.2) is 0 Å². The third-order valence-corrected chi connectivity index (χ3v) is 4.17. The van der Waals surface area contributed by atoms with Gasteiger partial charge in [0.1, 0.15) is 6.61 Å². The van der Waals surface area contributed by atoms with Gasteiger partial charge < -0.3 is 15.4 Å². The Labute approximate surface area is 118 Å². The summed E-state index contributed by atoms with van der Waals surface area (Å²) in [5.41, 5.74) is 1.86. The van der Waals surface area contributed by atoms with Crippen molar-refractivity contribution in [1.29, 1.82) is 0 Å². The van der Waals surface area contributed by atoms with Crippen molar-refractivity contribution in [3.63, 3.8) is 0 Å². The number of anilines is 2. The molecule has 1 saturated heterocycles. The summed E-state index contributed by atoms with van der Waals surface area (Å²) in [6.45, 7) is 0.0803. The van der Waals surface area contributed by atoms with Crippen LogP contribution in [-0.4, -0.2) is 37.2 Å². The molecule has 1 amide bonds. The Morgan fingerprint density at radius 1 is 1.47 bits per heavy atom. The predicted octanol–water partition coefficient (Wildman–Crippen LogP) is 2.58. The highest BCUT2D eigenvalue weighted by Gasteiger charge is 2.13. The molecule has 104 valence electrons. The number of benzene rings is 1. The van der Waals surface area contributed by atoms with Crippen molar-refractivity contribution in [2.45, 2.75) is 18.9 Å². The third-order valence-electron chi connectivity index (χ3n) is 2.95. The van der Waals surface area contributed by atoms with Crippen molar-refractivity contribution in [2.24, 2.45) is 0 Å². The van der Waals surface area contributed by atoms with Crippen LogP contribution in [0.15, 0.2) is 24.3 Å². The number of rotatable bonds is 5. The first-order valence-corrected chi connectivity index (χ1v) is 7.66. The molecular weight excluding hydrogens is 260 g/mol. The Bertz CT molecular complexity index is 420. The van der Waals surface area contributed by atoms with Crippen molar-refractivity contribution < 1.29 is 9.53 Å². The molecule has 1 aromatic carbocycles. The van der Waals surface area contributed by atoms with E-state index in [1.54, 1.807) is 0 Å². The first kappa shape index (κ1) is 14.2. The summed E-state index contributed by atoms with van der Waals surface area (Å²) in [5, 5.41) is 6.33. The van der Waals surface area contributed by atoms with Gasteiger partial charge in [-0.05, 0) is 36.8 Å². The molecule has 2 rings (SSSR count). The maximum Gasteiger partial charge on any atom is 0.250 e. The highest BCUT2D eigenvalue weighted by Crippen LogP contribution is 2.22. The monoisotopic (exact) mass is 280 g/mol. The molecule has 4 nitrogen and oxygen atoms in total. The maximum atomic E-state index is 11.5. The number of nitrogens with one attached hydrogen (secondary N) is 2. The molecule has 0 saturated carbocycles. The number of carbonyl (C=O) groups excluding carboxylic acids is 1. The first-order chi connectivity index (χ1) is 9.28. The molecule has 1 aliphatic rings. The molecule has 1 atom stereocenters. The third kappa shape index (κ3) is 4.76. The van der Waals surface area contributed by atoms with Gasteiger partial charge in [0, 0.05) is 30.3 Å². The van der Waals surface area contributed by atoms with Crippen molar-refractivity contribution in [2.75, 3.05) is 35.9 Å². The standard InChI is InChI=1S/C14H20N2O2S/c1-18-9-14(17)16-12-5-2-4-11(8-12)15-13-6-3-7-19-10-13/h2,4-5,8,13,15H,3,6-7,9-10H2,1H3,(H,16,17). The molecule has 19 heavy (non-hydrogen) atoms. The lowest BCUT2D eigenvalue weighted by Gasteiger charge is -2.23. The van der Waals surface area contributed by atoms with Crippen LogP contribution in [0.2, 0.25) is 0 Å². The number of carbonyl (C=O) groups is 1. The Balaban J connectivity index is 1.92. The van der Waals surface area contributed by atoms with E-state index in [9.17, 15) is 4.79 Å². The summed E-state index contributed by atoms with van der Waals surface area (Å²) >= 11 is 1.99. The summed E-state index contributed by atoms with van der Waals surface area (Å²) in [5.74, 6) is 2.29. The van der Waals surface area contributed by atoms with Crippen LogP contribution in [0, 0.1) is 0 Å². The maximum absolute atomic E-state index is 11.5. The van der Waals surface area contributed by atoms with Crippen molar-refractivity contribution >= 4 is 29.0 Å². The Hall–Kier alpha value is -1.20. The second kappa shape index (κ2) is 7.40. The van der Waals surface area contributed by atoms with Gasteiger partial charge in [-0.3, -0.25) is 4.79 Å². The lowest BCUT2D eigenvalue weighted by atomic mass is 10.1. The fraction of sp³-hybridized carbons (Fsp3) is 0.500. The quantitative estimate of drug-likeness (QED) is 0.870. The van der Waals surface area contributed by atoms with Crippen LogP contribution in [0.25, 0.3) is 0 Å². The minimum Gasteiger partial charge on any atom is -0.381 e. The average molecular weight is 280 g/mol. The lowest BCUT2D eigenvalue weighted by Crippen LogP contribution is -2.25. The molecule has 1 fully saturated rings. The predicted molar refractivity (Wildman–Crippen MR) is 80.9 cm³/mol. The molecule has 1 aromatic rings. The minimum absolute atomic E-state index is 0.0803. The lowest BCUT2D eigenvalue weighted by molar-refractivity contribution is -0.119. The highest BCUT2D eigenvalue weighted by atomic mass is 32.2. The zero-order chi connectivity index (χ0) is 13.5. The van der Waals surface area contributed by atoms with Crippen LogP contribution >= 0.6 is 11.8 Å². The smallest absolute Gasteiger partial charge is 0.250 e. The van der Waals surface area contributed by atoms with Crippen LogP contribution in [-0.2, 0) is 9.53 Å². The van der Waals surface area contributed by atoms with E-state index in [0.717, 1.165) is 17.1 Å². The van der Waals surface area contributed by atoms with E-state index < -0.39 is 0 Å². The number of ether oxygens (including phenoxy) is 1. The zero-order valence-electron chi connectivity index (χ0n) is 11.1. The SMILES string of the molecule is COCC(=O)Nc1cccc(NC2CCCSC2)c1. The molecule has 1 aliphatic heterocycles. The van der Waals surface area contributed by atoms with Crippen LogP contribution in [0.1, 0.15) is 12.8 Å². The van der Waals surface area contributed by atoms with E-state index in [-0.39, 0.29) is 12.5 Å². The molecular formula is C14H20N2O2S. The number of hydrogen-bond donors (Lipinski definition) is 2. The number of methoxy groups -OCH3 is 1. The average Bonchev–Trinajstić information content (AvgIpc) is 2.40. The molecule has 0 aliphatic carbocycles. The van der Waals surface area contributed by atoms with E-state index in [2.05, 4.69) is 10.6 Å². The summed E-state index contributed by atoms with van der Waals surface area (Å²) in [6, 6.07) is 8.36. The molecule has 5 heteroatoms. The molecule has 2 N–H and O–H groups in total. The van der Waals surface area contributed by atoms with Gasteiger partial charge in [0.15, 0.2) is 0 Å². The van der Waals surface area contributed by atoms with Crippen LogP contribution in [0.5, 0.6) is 0 Å². The van der Waals surface area contributed by atoms with E-state index >= 15 is 0 Å². The van der Waals surface area contributed by atoms with Gasteiger partial charge in [-0.1, -0.05) is 6.07 Å². The van der Waals surface area contributed by atoms with Gasteiger partial charge in [0.05, 0.1) is 0 Å². The van der Waals surface area contributed by atoms with Crippen LogP contribution < -0.4 is 10.6 Å². The van der Waals surface area contributed by atoms with Crippen LogP contribution in [0.4, 0.5) is 11.4 Å². The Kier molecular flexibility index (Phi) is 5.54. The van der Waals surface area contributed by atoms with Crippen molar-refractivity contribution in [3.8, 4) is 0 Å². The number of amides is 1. The Morgan fingerprint density at radius 3 is 3.05 bits per heavy atom. The second-order valence-electron chi connectivity index (χ2n) is 4.62. The summed E-state index contributed by atoms with van der Waals surface area (Å²) < 4.78 is 4.80. The largest absolute Gasteiger partial charge is 0.381 e. The fourth-order valence-electron chi connectivity index (χ4n) is 2.11. The number of thioether (sulfide) groups is 1. The van der Waals surface area contributed by atoms with E-state index in [1.165, 1.54) is 25.7 Å². The van der Waals surface area contributed by atoms with Crippen molar-refractivity contribution in [3.05, 3.63) is 24.3 Å². The summed E-state index contributed by atoms with van der Waals surface area (Å²) in [7, 11) is 1.51. The summed E-state index contributed by atoms with van der Waals surface area (Å²) in [6.07, 6.45) is 2.49. The molecule has 0 spiro atoms. The van der Waals surface area contributed by atoms with E-state index in [1.807, 2.05) is 36.0 Å². The topological polar surface area (TPSA) is 50.4 Å². The van der Waals surface area contributed by atoms with Crippen molar-refractivity contribution in [1.82, 2.24) is 0 Å². The molecule has 0 aromatic heterocycles. The highest BCUT2D eigenvalue weighted by molar-refractivity contribution is 7.99. The zero-order valence-corrected chi connectivity index (χ0v) is 12.0. The number of hydrogen-bond acceptors (Lipinski definition) is 4. The normalized spacial score (nSPS) is 18.9. The molecule has 1 heterocycles. The molecule has 1 unspecified atom stereocenters. The van der Waals surface area contributed by atoms with Gasteiger partial charge in [-0.15, -0.1) is 0 Å². The van der Waals surface area contributed by atoms with Gasteiger partial charge >= 0.3 is 0 Å². The second-order valence-corrected chi connectivity index (χ2v) is 5.77. The van der Waals surface area contributed by atoms with Gasteiger partial charge in [0.2, 0.25) is 5.91 Å². The summed E-state index contributed by atoms with van der Waals surface area (Å²) in [4.78, 5) is 11.5. The molecule has 0 radical (unpaired) electrons. The first-order valence-electron chi connectivity index (χ1n) is 6.51. The van der Waals surface area contributed by atoms with Gasteiger partial charge in [-0.2, -0.15) is 11.8 Å².